The average Bonchev–Trinajstić information content (AvgIpc) is 3.34. The number of methoxy groups -OCH3 is 1. The second-order valence-electron chi connectivity index (χ2n) is 8.42. The lowest BCUT2D eigenvalue weighted by atomic mass is 10.0. The third-order valence-electron chi connectivity index (χ3n) is 5.36. The first kappa shape index (κ1) is 27.9. The molecule has 0 saturated heterocycles. The molecule has 0 aliphatic heterocycles. The predicted molar refractivity (Wildman–Crippen MR) is 132 cm³/mol. The maximum atomic E-state index is 13.3. The van der Waals surface area contributed by atoms with Gasteiger partial charge in [-0.1, -0.05) is 35.0 Å². The van der Waals surface area contributed by atoms with Gasteiger partial charge in [0.05, 0.1) is 32.6 Å². The summed E-state index contributed by atoms with van der Waals surface area (Å²) in [6.07, 6.45) is 1.67. The standard InChI is InChI=1S/C26H27FN6O5/c1-17-4-3-5-18(10-17)11-23(30-25(35)19-6-8-20(27)9-7-19)26(36)29-21(12-28)15-38-16-22-13-33(32-31-22)14-24(34)37-2/h3-10,13,21,23H,11,14-16H2,1-2H3,(H,29,36)(H,30,35)/t21-,23+/m1/s1. The number of halogens is 1. The Morgan fingerprint density at radius 1 is 1.16 bits per heavy atom. The van der Waals surface area contributed by atoms with E-state index in [0.29, 0.717) is 5.69 Å². The summed E-state index contributed by atoms with van der Waals surface area (Å²) in [5, 5.41) is 22.5. The third kappa shape index (κ3) is 8.49. The molecule has 2 amide bonds. The van der Waals surface area contributed by atoms with Crippen LogP contribution in [0.5, 0.6) is 0 Å². The summed E-state index contributed by atoms with van der Waals surface area (Å²) in [6.45, 7) is 1.64. The summed E-state index contributed by atoms with van der Waals surface area (Å²) in [5.74, 6) is -2.11. The van der Waals surface area contributed by atoms with Gasteiger partial charge in [0, 0.05) is 12.0 Å². The molecule has 0 saturated carbocycles. The van der Waals surface area contributed by atoms with Crippen molar-refractivity contribution in [2.75, 3.05) is 13.7 Å². The summed E-state index contributed by atoms with van der Waals surface area (Å²) in [4.78, 5) is 37.2. The first-order valence-corrected chi connectivity index (χ1v) is 11.6. The van der Waals surface area contributed by atoms with Gasteiger partial charge in [-0.2, -0.15) is 5.26 Å². The molecular formula is C26H27FN6O5. The number of esters is 1. The smallest absolute Gasteiger partial charge is 0.327 e. The van der Waals surface area contributed by atoms with E-state index in [0.717, 1.165) is 23.3 Å². The van der Waals surface area contributed by atoms with Crippen LogP contribution in [-0.2, 0) is 38.6 Å². The predicted octanol–water partition coefficient (Wildman–Crippen LogP) is 1.46. The van der Waals surface area contributed by atoms with Crippen molar-refractivity contribution in [1.29, 1.82) is 5.26 Å². The van der Waals surface area contributed by atoms with Gasteiger partial charge < -0.3 is 20.1 Å². The van der Waals surface area contributed by atoms with Crippen LogP contribution >= 0.6 is 0 Å². The van der Waals surface area contributed by atoms with Gasteiger partial charge in [-0.05, 0) is 36.8 Å². The van der Waals surface area contributed by atoms with Crippen LogP contribution in [0.25, 0.3) is 0 Å². The van der Waals surface area contributed by atoms with Crippen molar-refractivity contribution in [3.05, 3.63) is 82.9 Å². The van der Waals surface area contributed by atoms with E-state index in [9.17, 15) is 24.0 Å². The van der Waals surface area contributed by atoms with E-state index in [1.807, 2.05) is 37.3 Å². The van der Waals surface area contributed by atoms with E-state index in [2.05, 4.69) is 25.7 Å². The molecule has 0 unspecified atom stereocenters. The van der Waals surface area contributed by atoms with E-state index >= 15 is 0 Å². The lowest BCUT2D eigenvalue weighted by Crippen LogP contribution is -2.51. The number of carbonyl (C=O) groups is 3. The van der Waals surface area contributed by atoms with Crippen molar-refractivity contribution < 1.29 is 28.2 Å². The zero-order chi connectivity index (χ0) is 27.5. The molecule has 198 valence electrons. The van der Waals surface area contributed by atoms with Gasteiger partial charge in [0.1, 0.15) is 30.1 Å². The van der Waals surface area contributed by atoms with Crippen molar-refractivity contribution in [2.24, 2.45) is 0 Å². The number of nitriles is 1. The number of nitrogens with zero attached hydrogens (tertiary/aromatic N) is 4. The van der Waals surface area contributed by atoms with E-state index in [1.54, 1.807) is 0 Å². The molecule has 3 rings (SSSR count). The lowest BCUT2D eigenvalue weighted by Gasteiger charge is -2.21. The number of amides is 2. The highest BCUT2D eigenvalue weighted by Crippen LogP contribution is 2.10. The Kier molecular flexibility index (Phi) is 10.0. The van der Waals surface area contributed by atoms with Crippen LogP contribution in [0.2, 0.25) is 0 Å². The average molecular weight is 523 g/mol. The molecule has 12 heteroatoms. The fourth-order valence-electron chi connectivity index (χ4n) is 3.47. The number of aryl methyl sites for hydroxylation is 1. The number of rotatable bonds is 12. The largest absolute Gasteiger partial charge is 0.468 e. The Morgan fingerprint density at radius 2 is 1.92 bits per heavy atom. The minimum Gasteiger partial charge on any atom is -0.468 e. The van der Waals surface area contributed by atoms with Gasteiger partial charge in [-0.15, -0.1) is 5.10 Å². The van der Waals surface area contributed by atoms with Crippen molar-refractivity contribution in [3.63, 3.8) is 0 Å². The molecule has 0 aliphatic rings. The normalized spacial score (nSPS) is 12.2. The van der Waals surface area contributed by atoms with Gasteiger partial charge in [-0.25, -0.2) is 9.07 Å². The Hall–Kier alpha value is -4.63. The molecule has 2 aromatic carbocycles. The molecule has 1 aromatic heterocycles. The monoisotopic (exact) mass is 522 g/mol. The van der Waals surface area contributed by atoms with E-state index in [4.69, 9.17) is 4.74 Å². The van der Waals surface area contributed by atoms with Crippen LogP contribution in [0, 0.1) is 24.1 Å². The number of carbonyl (C=O) groups excluding carboxylic acids is 3. The summed E-state index contributed by atoms with van der Waals surface area (Å²) in [7, 11) is 1.26. The second kappa shape index (κ2) is 13.6. The number of nitrogens with one attached hydrogen (secondary N) is 2. The Bertz CT molecular complexity index is 1300. The van der Waals surface area contributed by atoms with Crippen LogP contribution in [0.1, 0.15) is 27.2 Å². The number of hydrogen-bond acceptors (Lipinski definition) is 8. The van der Waals surface area contributed by atoms with Gasteiger partial charge in [0.25, 0.3) is 5.91 Å². The SMILES string of the molecule is COC(=O)Cn1cc(COC[C@@H](C#N)NC(=O)[C@H](Cc2cccc(C)c2)NC(=O)c2ccc(F)cc2)nn1. The highest BCUT2D eigenvalue weighted by atomic mass is 19.1. The summed E-state index contributed by atoms with van der Waals surface area (Å²) >= 11 is 0. The Morgan fingerprint density at radius 3 is 2.61 bits per heavy atom. The molecule has 0 bridgehead atoms. The molecule has 0 radical (unpaired) electrons. The zero-order valence-electron chi connectivity index (χ0n) is 20.9. The molecule has 0 aliphatic carbocycles. The molecule has 1 heterocycles. The number of aromatic nitrogens is 3. The first-order chi connectivity index (χ1) is 18.3. The maximum absolute atomic E-state index is 13.3. The second-order valence-corrected chi connectivity index (χ2v) is 8.42. The van der Waals surface area contributed by atoms with Gasteiger partial charge in [0.2, 0.25) is 5.91 Å². The number of hydrogen-bond donors (Lipinski definition) is 2. The molecule has 2 N–H and O–H groups in total. The molecule has 0 spiro atoms. The van der Waals surface area contributed by atoms with E-state index in [-0.39, 0.29) is 31.7 Å². The van der Waals surface area contributed by atoms with Crippen LogP contribution in [0.4, 0.5) is 4.39 Å². The summed E-state index contributed by atoms with van der Waals surface area (Å²) in [6, 6.07) is 12.4. The summed E-state index contributed by atoms with van der Waals surface area (Å²) in [5.41, 5.74) is 2.40. The van der Waals surface area contributed by atoms with Crippen molar-refractivity contribution in [2.45, 2.75) is 38.6 Å². The lowest BCUT2D eigenvalue weighted by molar-refractivity contribution is -0.141. The maximum Gasteiger partial charge on any atom is 0.327 e. The fraction of sp³-hybridized carbons (Fsp3) is 0.308. The Balaban J connectivity index is 1.62. The highest BCUT2D eigenvalue weighted by molar-refractivity contribution is 5.97. The minimum absolute atomic E-state index is 0.0107. The van der Waals surface area contributed by atoms with Crippen LogP contribution in [0.15, 0.2) is 54.7 Å². The van der Waals surface area contributed by atoms with Crippen LogP contribution < -0.4 is 10.6 Å². The van der Waals surface area contributed by atoms with Crippen molar-refractivity contribution >= 4 is 17.8 Å². The van der Waals surface area contributed by atoms with E-state index < -0.39 is 35.7 Å². The molecule has 3 aromatic rings. The highest BCUT2D eigenvalue weighted by Gasteiger charge is 2.25. The summed E-state index contributed by atoms with van der Waals surface area (Å²) < 4.78 is 24.6. The van der Waals surface area contributed by atoms with Crippen molar-refractivity contribution in [3.8, 4) is 6.07 Å². The van der Waals surface area contributed by atoms with Crippen LogP contribution in [0.3, 0.4) is 0 Å². The first-order valence-electron chi connectivity index (χ1n) is 11.6. The third-order valence-corrected chi connectivity index (χ3v) is 5.36. The molecule has 38 heavy (non-hydrogen) atoms. The van der Waals surface area contributed by atoms with E-state index in [1.165, 1.54) is 30.1 Å². The fourth-order valence-corrected chi connectivity index (χ4v) is 3.47. The molecule has 0 fully saturated rings. The molecule has 11 nitrogen and oxygen atoms in total. The van der Waals surface area contributed by atoms with Crippen LogP contribution in [-0.4, -0.2) is 58.6 Å². The zero-order valence-corrected chi connectivity index (χ0v) is 20.9. The minimum atomic E-state index is -1.02. The topological polar surface area (TPSA) is 148 Å². The van der Waals surface area contributed by atoms with Gasteiger partial charge in [0.15, 0.2) is 0 Å². The molecular weight excluding hydrogens is 495 g/mol. The molecule has 2 atom stereocenters. The quantitative estimate of drug-likeness (QED) is 0.340. The van der Waals surface area contributed by atoms with Gasteiger partial charge in [-0.3, -0.25) is 14.4 Å². The number of benzene rings is 2. The van der Waals surface area contributed by atoms with Gasteiger partial charge >= 0.3 is 5.97 Å². The number of ether oxygens (including phenoxy) is 2. The Labute approximate surface area is 218 Å². The van der Waals surface area contributed by atoms with Crippen molar-refractivity contribution in [1.82, 2.24) is 25.6 Å².